The Balaban J connectivity index is 3.24. The highest BCUT2D eigenvalue weighted by molar-refractivity contribution is 5.74. The van der Waals surface area contributed by atoms with Crippen molar-refractivity contribution < 1.29 is 14.3 Å². The zero-order chi connectivity index (χ0) is 8.69. The van der Waals surface area contributed by atoms with Crippen LogP contribution in [0.1, 0.15) is 20.3 Å². The SMILES string of the molecule is CCOC(=O)CCNC(C)=O. The fraction of sp³-hybridized carbons (Fsp3) is 0.714. The minimum Gasteiger partial charge on any atom is -0.466 e. The molecule has 0 aliphatic carbocycles. The molecule has 0 radical (unpaired) electrons. The van der Waals surface area contributed by atoms with Crippen molar-refractivity contribution in [2.45, 2.75) is 20.3 Å². The summed E-state index contributed by atoms with van der Waals surface area (Å²) in [7, 11) is 0. The molecule has 0 aromatic carbocycles. The first-order valence-electron chi connectivity index (χ1n) is 3.57. The Bertz CT molecular complexity index is 145. The Labute approximate surface area is 65.9 Å². The van der Waals surface area contributed by atoms with Gasteiger partial charge in [0.15, 0.2) is 0 Å². The smallest absolute Gasteiger partial charge is 0.307 e. The zero-order valence-electron chi connectivity index (χ0n) is 6.85. The minimum absolute atomic E-state index is 0.130. The van der Waals surface area contributed by atoms with Gasteiger partial charge in [-0.15, -0.1) is 0 Å². The molecular formula is C7H13NO3. The van der Waals surface area contributed by atoms with Crippen molar-refractivity contribution in [1.82, 2.24) is 5.32 Å². The lowest BCUT2D eigenvalue weighted by atomic mass is 10.4. The van der Waals surface area contributed by atoms with Crippen molar-refractivity contribution >= 4 is 11.9 Å². The van der Waals surface area contributed by atoms with Crippen molar-refractivity contribution in [3.8, 4) is 0 Å². The van der Waals surface area contributed by atoms with Gasteiger partial charge in [-0.05, 0) is 6.92 Å². The molecule has 0 atom stereocenters. The van der Waals surface area contributed by atoms with Gasteiger partial charge < -0.3 is 10.1 Å². The van der Waals surface area contributed by atoms with E-state index >= 15 is 0 Å². The van der Waals surface area contributed by atoms with Gasteiger partial charge in [-0.1, -0.05) is 0 Å². The first-order chi connectivity index (χ1) is 5.16. The zero-order valence-corrected chi connectivity index (χ0v) is 6.85. The van der Waals surface area contributed by atoms with E-state index in [-0.39, 0.29) is 18.3 Å². The predicted molar refractivity (Wildman–Crippen MR) is 39.9 cm³/mol. The normalized spacial score (nSPS) is 8.91. The topological polar surface area (TPSA) is 55.4 Å². The summed E-state index contributed by atoms with van der Waals surface area (Å²) in [6.45, 7) is 3.90. The van der Waals surface area contributed by atoms with E-state index in [0.717, 1.165) is 0 Å². The molecule has 0 rings (SSSR count). The van der Waals surface area contributed by atoms with Crippen molar-refractivity contribution in [2.24, 2.45) is 0 Å². The molecule has 0 aliphatic heterocycles. The van der Waals surface area contributed by atoms with E-state index in [1.165, 1.54) is 6.92 Å². The van der Waals surface area contributed by atoms with E-state index in [1.807, 2.05) is 0 Å². The van der Waals surface area contributed by atoms with Crippen LogP contribution in [0.25, 0.3) is 0 Å². The number of amides is 1. The number of nitrogens with one attached hydrogen (secondary N) is 1. The molecular weight excluding hydrogens is 146 g/mol. The van der Waals surface area contributed by atoms with Crippen molar-refractivity contribution in [2.75, 3.05) is 13.2 Å². The maximum Gasteiger partial charge on any atom is 0.307 e. The van der Waals surface area contributed by atoms with Gasteiger partial charge in [0.2, 0.25) is 5.91 Å². The summed E-state index contributed by atoms with van der Waals surface area (Å²) in [4.78, 5) is 21.0. The average Bonchev–Trinajstić information content (AvgIpc) is 1.87. The molecule has 1 amide bonds. The van der Waals surface area contributed by atoms with Crippen molar-refractivity contribution in [1.29, 1.82) is 0 Å². The largest absolute Gasteiger partial charge is 0.466 e. The average molecular weight is 159 g/mol. The summed E-state index contributed by atoms with van der Waals surface area (Å²) in [5.41, 5.74) is 0. The molecule has 0 aromatic heterocycles. The third-order valence-electron chi connectivity index (χ3n) is 1.01. The number of carbonyl (C=O) groups is 2. The summed E-state index contributed by atoms with van der Waals surface area (Å²) in [5, 5.41) is 2.50. The van der Waals surface area contributed by atoms with Crippen LogP contribution in [-0.2, 0) is 14.3 Å². The second kappa shape index (κ2) is 5.70. The van der Waals surface area contributed by atoms with Crippen LogP contribution in [0.15, 0.2) is 0 Å². The highest BCUT2D eigenvalue weighted by atomic mass is 16.5. The fourth-order valence-electron chi connectivity index (χ4n) is 0.574. The third kappa shape index (κ3) is 6.83. The lowest BCUT2D eigenvalue weighted by Crippen LogP contribution is -2.23. The maximum atomic E-state index is 10.7. The van der Waals surface area contributed by atoms with Gasteiger partial charge in [-0.25, -0.2) is 0 Å². The Morgan fingerprint density at radius 2 is 2.09 bits per heavy atom. The van der Waals surface area contributed by atoms with E-state index < -0.39 is 0 Å². The van der Waals surface area contributed by atoms with Gasteiger partial charge in [0.1, 0.15) is 0 Å². The molecule has 0 fully saturated rings. The molecule has 0 unspecified atom stereocenters. The number of carbonyl (C=O) groups excluding carboxylic acids is 2. The summed E-state index contributed by atoms with van der Waals surface area (Å²) >= 11 is 0. The van der Waals surface area contributed by atoms with Crippen LogP contribution in [0.4, 0.5) is 0 Å². The highest BCUT2D eigenvalue weighted by Crippen LogP contribution is 1.83. The van der Waals surface area contributed by atoms with Crippen LogP contribution >= 0.6 is 0 Å². The Kier molecular flexibility index (Phi) is 5.15. The molecule has 0 spiro atoms. The van der Waals surface area contributed by atoms with Gasteiger partial charge in [0.05, 0.1) is 13.0 Å². The van der Waals surface area contributed by atoms with E-state index in [0.29, 0.717) is 13.2 Å². The van der Waals surface area contributed by atoms with E-state index in [4.69, 9.17) is 0 Å². The molecule has 0 heterocycles. The molecule has 0 saturated heterocycles. The molecule has 0 aromatic rings. The summed E-state index contributed by atoms with van der Waals surface area (Å²) in [6, 6.07) is 0. The number of ether oxygens (including phenoxy) is 1. The third-order valence-corrected chi connectivity index (χ3v) is 1.01. The summed E-state index contributed by atoms with van der Waals surface area (Å²) in [6.07, 6.45) is 0.243. The van der Waals surface area contributed by atoms with E-state index in [9.17, 15) is 9.59 Å². The Morgan fingerprint density at radius 3 is 2.55 bits per heavy atom. The molecule has 0 aliphatic rings. The monoisotopic (exact) mass is 159 g/mol. The van der Waals surface area contributed by atoms with Gasteiger partial charge in [0.25, 0.3) is 0 Å². The van der Waals surface area contributed by atoms with Crippen LogP contribution in [0.2, 0.25) is 0 Å². The molecule has 0 bridgehead atoms. The van der Waals surface area contributed by atoms with Crippen LogP contribution in [0.5, 0.6) is 0 Å². The molecule has 4 nitrogen and oxygen atoms in total. The number of rotatable bonds is 4. The van der Waals surface area contributed by atoms with Crippen LogP contribution < -0.4 is 5.32 Å². The summed E-state index contributed by atoms with van der Waals surface area (Å²) in [5.74, 6) is -0.407. The highest BCUT2D eigenvalue weighted by Gasteiger charge is 2.00. The van der Waals surface area contributed by atoms with Gasteiger partial charge in [-0.2, -0.15) is 0 Å². The molecule has 0 saturated carbocycles. The number of hydrogen-bond acceptors (Lipinski definition) is 3. The predicted octanol–water partition coefficient (Wildman–Crippen LogP) is 0.0757. The first kappa shape index (κ1) is 9.94. The van der Waals surface area contributed by atoms with Crippen LogP contribution in [0.3, 0.4) is 0 Å². The molecule has 11 heavy (non-hydrogen) atoms. The quantitative estimate of drug-likeness (QED) is 0.591. The Morgan fingerprint density at radius 1 is 1.45 bits per heavy atom. The fourth-order valence-corrected chi connectivity index (χ4v) is 0.574. The van der Waals surface area contributed by atoms with Gasteiger partial charge in [-0.3, -0.25) is 9.59 Å². The maximum absolute atomic E-state index is 10.7. The van der Waals surface area contributed by atoms with Gasteiger partial charge >= 0.3 is 5.97 Å². The second-order valence-electron chi connectivity index (χ2n) is 2.04. The van der Waals surface area contributed by atoms with Crippen molar-refractivity contribution in [3.63, 3.8) is 0 Å². The molecule has 64 valence electrons. The van der Waals surface area contributed by atoms with Crippen LogP contribution in [-0.4, -0.2) is 25.0 Å². The lowest BCUT2D eigenvalue weighted by molar-refractivity contribution is -0.142. The second-order valence-corrected chi connectivity index (χ2v) is 2.04. The van der Waals surface area contributed by atoms with Crippen molar-refractivity contribution in [3.05, 3.63) is 0 Å². The molecule has 1 N–H and O–H groups in total. The van der Waals surface area contributed by atoms with E-state index in [1.54, 1.807) is 6.92 Å². The van der Waals surface area contributed by atoms with Gasteiger partial charge in [0, 0.05) is 13.5 Å². The molecule has 4 heteroatoms. The lowest BCUT2D eigenvalue weighted by Gasteiger charge is -2.01. The standard InChI is InChI=1S/C7H13NO3/c1-3-11-7(10)4-5-8-6(2)9/h3-5H2,1-2H3,(H,8,9). The first-order valence-corrected chi connectivity index (χ1v) is 3.57. The van der Waals surface area contributed by atoms with Crippen LogP contribution in [0, 0.1) is 0 Å². The minimum atomic E-state index is -0.277. The van der Waals surface area contributed by atoms with E-state index in [2.05, 4.69) is 10.1 Å². The number of hydrogen-bond donors (Lipinski definition) is 1. The summed E-state index contributed by atoms with van der Waals surface area (Å²) < 4.78 is 4.63. The Hall–Kier alpha value is -1.06. The number of esters is 1.